The number of nitrogen functional groups attached to an aromatic ring is 1. The molecule has 5 nitrogen and oxygen atoms in total. The molecule has 5 heteroatoms. The molecular formula is C7H11N3O2. The van der Waals surface area contributed by atoms with E-state index in [-0.39, 0.29) is 0 Å². The topological polar surface area (TPSA) is 70.1 Å². The molecule has 2 N–H and O–H groups in total. The smallest absolute Gasteiger partial charge is 0.358 e. The summed E-state index contributed by atoms with van der Waals surface area (Å²) in [6.07, 6.45) is 1.42. The summed E-state index contributed by atoms with van der Waals surface area (Å²) in [5.41, 5.74) is 6.13. The van der Waals surface area contributed by atoms with Gasteiger partial charge in [-0.1, -0.05) is 0 Å². The lowest BCUT2D eigenvalue weighted by molar-refractivity contribution is 0.0515. The molecule has 66 valence electrons. The lowest BCUT2D eigenvalue weighted by Crippen LogP contribution is -2.12. The predicted octanol–water partition coefficient (Wildman–Crippen LogP) is 0.179. The van der Waals surface area contributed by atoms with Crippen LogP contribution in [0, 0.1) is 0 Å². The number of aromatic nitrogens is 2. The fourth-order valence-electron chi connectivity index (χ4n) is 0.904. The Hall–Kier alpha value is -1.52. The standard InChI is InChI=1S/C7H11N3O2/c1-3-12-7(11)6-5(8)4-9-10(6)2/h4H,3,8H2,1-2H3. The third-order valence-corrected chi connectivity index (χ3v) is 1.44. The molecule has 0 amide bonds. The molecule has 0 atom stereocenters. The molecular weight excluding hydrogens is 158 g/mol. The van der Waals surface area contributed by atoms with Crippen LogP contribution in [0.15, 0.2) is 6.20 Å². The van der Waals surface area contributed by atoms with Gasteiger partial charge in [-0.15, -0.1) is 0 Å². The van der Waals surface area contributed by atoms with Gasteiger partial charge in [0.2, 0.25) is 0 Å². The number of hydrogen-bond acceptors (Lipinski definition) is 4. The normalized spacial score (nSPS) is 9.83. The number of nitrogens with two attached hydrogens (primary N) is 1. The van der Waals surface area contributed by atoms with Crippen LogP contribution in [-0.4, -0.2) is 22.4 Å². The van der Waals surface area contributed by atoms with E-state index in [1.54, 1.807) is 14.0 Å². The van der Waals surface area contributed by atoms with E-state index < -0.39 is 5.97 Å². The number of rotatable bonds is 2. The Kier molecular flexibility index (Phi) is 2.32. The molecule has 1 aromatic rings. The van der Waals surface area contributed by atoms with Crippen molar-refractivity contribution in [3.8, 4) is 0 Å². The lowest BCUT2D eigenvalue weighted by Gasteiger charge is -2.01. The van der Waals surface area contributed by atoms with E-state index in [1.807, 2.05) is 0 Å². The molecule has 0 bridgehead atoms. The second-order valence-corrected chi connectivity index (χ2v) is 2.29. The number of esters is 1. The highest BCUT2D eigenvalue weighted by Gasteiger charge is 2.15. The van der Waals surface area contributed by atoms with Gasteiger partial charge in [0.05, 0.1) is 18.5 Å². The summed E-state index contributed by atoms with van der Waals surface area (Å²) in [4.78, 5) is 11.2. The van der Waals surface area contributed by atoms with E-state index in [0.29, 0.717) is 18.0 Å². The third kappa shape index (κ3) is 1.39. The average Bonchev–Trinajstić information content (AvgIpc) is 2.32. The maximum atomic E-state index is 11.2. The summed E-state index contributed by atoms with van der Waals surface area (Å²) in [6.45, 7) is 2.08. The van der Waals surface area contributed by atoms with E-state index in [9.17, 15) is 4.79 Å². The number of carbonyl (C=O) groups excluding carboxylic acids is 1. The lowest BCUT2D eigenvalue weighted by atomic mass is 10.4. The van der Waals surface area contributed by atoms with E-state index in [1.165, 1.54) is 10.9 Å². The summed E-state index contributed by atoms with van der Waals surface area (Å²) in [5.74, 6) is -0.435. The molecule has 0 aliphatic rings. The first-order valence-electron chi connectivity index (χ1n) is 3.61. The quantitative estimate of drug-likeness (QED) is 0.641. The minimum absolute atomic E-state index is 0.303. The van der Waals surface area contributed by atoms with E-state index in [4.69, 9.17) is 10.5 Å². The zero-order chi connectivity index (χ0) is 9.14. The molecule has 1 rings (SSSR count). The van der Waals surface area contributed by atoms with Crippen LogP contribution in [0.1, 0.15) is 17.4 Å². The van der Waals surface area contributed by atoms with Gasteiger partial charge in [-0.05, 0) is 6.92 Å². The first kappa shape index (κ1) is 8.58. The predicted molar refractivity (Wildman–Crippen MR) is 43.6 cm³/mol. The van der Waals surface area contributed by atoms with Crippen LogP contribution in [-0.2, 0) is 11.8 Å². The van der Waals surface area contributed by atoms with Gasteiger partial charge in [-0.25, -0.2) is 4.79 Å². The maximum absolute atomic E-state index is 11.2. The van der Waals surface area contributed by atoms with Crippen LogP contribution in [0.5, 0.6) is 0 Å². The van der Waals surface area contributed by atoms with Crippen LogP contribution >= 0.6 is 0 Å². The van der Waals surface area contributed by atoms with E-state index >= 15 is 0 Å². The first-order chi connectivity index (χ1) is 5.66. The van der Waals surface area contributed by atoms with Crippen LogP contribution in [0.4, 0.5) is 5.69 Å². The summed E-state index contributed by atoms with van der Waals surface area (Å²) in [5, 5.41) is 3.81. The molecule has 0 aliphatic heterocycles. The van der Waals surface area contributed by atoms with Crippen molar-refractivity contribution in [2.45, 2.75) is 6.92 Å². The summed E-state index contributed by atoms with van der Waals surface area (Å²) in [6, 6.07) is 0. The Morgan fingerprint density at radius 1 is 1.83 bits per heavy atom. The van der Waals surface area contributed by atoms with Crippen molar-refractivity contribution >= 4 is 11.7 Å². The van der Waals surface area contributed by atoms with Crippen LogP contribution in [0.2, 0.25) is 0 Å². The molecule has 0 saturated heterocycles. The number of nitrogens with zero attached hydrogens (tertiary/aromatic N) is 2. The summed E-state index contributed by atoms with van der Waals surface area (Å²) in [7, 11) is 1.64. The van der Waals surface area contributed by atoms with Gasteiger partial charge in [-0.3, -0.25) is 4.68 Å². The van der Waals surface area contributed by atoms with Crippen molar-refractivity contribution in [2.75, 3.05) is 12.3 Å². The van der Waals surface area contributed by atoms with Crippen molar-refractivity contribution in [1.29, 1.82) is 0 Å². The number of hydrogen-bond donors (Lipinski definition) is 1. The molecule has 0 aliphatic carbocycles. The zero-order valence-corrected chi connectivity index (χ0v) is 7.07. The SMILES string of the molecule is CCOC(=O)c1c(N)cnn1C. The van der Waals surface area contributed by atoms with E-state index in [2.05, 4.69) is 5.10 Å². The number of carbonyl (C=O) groups is 1. The molecule has 12 heavy (non-hydrogen) atoms. The van der Waals surface area contributed by atoms with Gasteiger partial charge >= 0.3 is 5.97 Å². The Labute approximate surface area is 70.1 Å². The van der Waals surface area contributed by atoms with Crippen molar-refractivity contribution < 1.29 is 9.53 Å². The van der Waals surface area contributed by atoms with Gasteiger partial charge in [0, 0.05) is 7.05 Å². The highest BCUT2D eigenvalue weighted by Crippen LogP contribution is 2.10. The number of anilines is 1. The van der Waals surface area contributed by atoms with Crippen LogP contribution in [0.3, 0.4) is 0 Å². The molecule has 0 unspecified atom stereocenters. The highest BCUT2D eigenvalue weighted by molar-refractivity contribution is 5.92. The highest BCUT2D eigenvalue weighted by atomic mass is 16.5. The van der Waals surface area contributed by atoms with Gasteiger partial charge in [0.15, 0.2) is 5.69 Å². The van der Waals surface area contributed by atoms with Crippen LogP contribution in [0.25, 0.3) is 0 Å². The minimum atomic E-state index is -0.435. The van der Waals surface area contributed by atoms with Gasteiger partial charge in [0.25, 0.3) is 0 Å². The molecule has 1 aromatic heterocycles. The monoisotopic (exact) mass is 169 g/mol. The maximum Gasteiger partial charge on any atom is 0.358 e. The second kappa shape index (κ2) is 3.25. The largest absolute Gasteiger partial charge is 0.461 e. The third-order valence-electron chi connectivity index (χ3n) is 1.44. The van der Waals surface area contributed by atoms with Crippen molar-refractivity contribution in [3.63, 3.8) is 0 Å². The number of ether oxygens (including phenoxy) is 1. The fourth-order valence-corrected chi connectivity index (χ4v) is 0.904. The zero-order valence-electron chi connectivity index (χ0n) is 7.07. The molecule has 0 saturated carbocycles. The Balaban J connectivity index is 2.93. The van der Waals surface area contributed by atoms with Crippen molar-refractivity contribution in [1.82, 2.24) is 9.78 Å². The molecule has 0 fully saturated rings. The van der Waals surface area contributed by atoms with Gasteiger partial charge in [0.1, 0.15) is 0 Å². The van der Waals surface area contributed by atoms with Crippen molar-refractivity contribution in [3.05, 3.63) is 11.9 Å². The minimum Gasteiger partial charge on any atom is -0.461 e. The van der Waals surface area contributed by atoms with Crippen molar-refractivity contribution in [2.24, 2.45) is 7.05 Å². The Bertz CT molecular complexity index is 273. The van der Waals surface area contributed by atoms with Gasteiger partial charge in [-0.2, -0.15) is 5.10 Å². The fraction of sp³-hybridized carbons (Fsp3) is 0.429. The molecule has 0 spiro atoms. The molecule has 0 radical (unpaired) electrons. The molecule has 0 aromatic carbocycles. The molecule has 1 heterocycles. The Morgan fingerprint density at radius 2 is 2.50 bits per heavy atom. The van der Waals surface area contributed by atoms with Gasteiger partial charge < -0.3 is 10.5 Å². The van der Waals surface area contributed by atoms with E-state index in [0.717, 1.165) is 0 Å². The second-order valence-electron chi connectivity index (χ2n) is 2.29. The first-order valence-corrected chi connectivity index (χ1v) is 3.61. The summed E-state index contributed by atoms with van der Waals surface area (Å²) < 4.78 is 6.16. The average molecular weight is 169 g/mol. The Morgan fingerprint density at radius 3 is 2.92 bits per heavy atom. The summed E-state index contributed by atoms with van der Waals surface area (Å²) >= 11 is 0. The van der Waals surface area contributed by atoms with Crippen LogP contribution < -0.4 is 5.73 Å². The number of aryl methyl sites for hydroxylation is 1.